The predicted molar refractivity (Wildman–Crippen MR) is 84.8 cm³/mol. The van der Waals surface area contributed by atoms with Crippen molar-refractivity contribution in [2.75, 3.05) is 0 Å². The first kappa shape index (κ1) is 21.0. The van der Waals surface area contributed by atoms with E-state index in [1.54, 1.807) is 12.1 Å². The van der Waals surface area contributed by atoms with Gasteiger partial charge in [0.1, 0.15) is 0 Å². The van der Waals surface area contributed by atoms with Gasteiger partial charge in [0.15, 0.2) is 19.7 Å². The van der Waals surface area contributed by atoms with Gasteiger partial charge in [0, 0.05) is 17.4 Å². The average molecular weight is 420 g/mol. The number of alkyl halides is 6. The molecule has 26 heavy (non-hydrogen) atoms. The topological polar surface area (TPSA) is 57.2 Å². The third-order valence-electron chi connectivity index (χ3n) is 3.73. The second kappa shape index (κ2) is 7.01. The van der Waals surface area contributed by atoms with Crippen LogP contribution in [0, 0.1) is 0 Å². The predicted octanol–water partition coefficient (Wildman–Crippen LogP) is 5.56. The number of fused-ring (bicyclic) bond motifs is 1. The van der Waals surface area contributed by atoms with E-state index in [2.05, 4.69) is 0 Å². The second-order valence-corrected chi connectivity index (χ2v) is 9.06. The summed E-state index contributed by atoms with van der Waals surface area (Å²) in [6.45, 7) is 2.02. The van der Waals surface area contributed by atoms with Gasteiger partial charge in [-0.15, -0.1) is 13.2 Å². The maximum Gasteiger partial charge on any atom is 0.600 e. The molecule has 1 aromatic heterocycles. The lowest BCUT2D eigenvalue weighted by Gasteiger charge is -2.08. The maximum absolute atomic E-state index is 13.2. The molecule has 0 aliphatic heterocycles. The number of thiophene rings is 1. The van der Waals surface area contributed by atoms with Crippen LogP contribution in [0.15, 0.2) is 24.3 Å². The van der Waals surface area contributed by atoms with Crippen LogP contribution in [-0.2, 0) is 22.0 Å². The molecule has 1 aliphatic rings. The van der Waals surface area contributed by atoms with Gasteiger partial charge in [0.25, 0.3) is 0 Å². The molecule has 3 rings (SSSR count). The van der Waals surface area contributed by atoms with Crippen LogP contribution in [0.2, 0.25) is 0 Å². The normalized spacial score (nSPS) is 16.4. The first-order chi connectivity index (χ1) is 11.8. The minimum atomic E-state index is -6.09. The monoisotopic (exact) mass is 420 g/mol. The summed E-state index contributed by atoms with van der Waals surface area (Å²) in [6, 6.07) is 7.21. The molecule has 1 fully saturated rings. The molecule has 3 nitrogen and oxygen atoms in total. The Morgan fingerprint density at radius 3 is 2.04 bits per heavy atom. The van der Waals surface area contributed by atoms with E-state index < -0.39 is 31.6 Å². The van der Waals surface area contributed by atoms with Crippen molar-refractivity contribution < 1.29 is 39.3 Å². The largest absolute Gasteiger partial charge is 0.741 e. The number of hydrogen-bond donors (Lipinski definition) is 0. The van der Waals surface area contributed by atoms with Gasteiger partial charge < -0.3 is 4.55 Å². The summed E-state index contributed by atoms with van der Waals surface area (Å²) in [5.41, 5.74) is -8.67. The van der Waals surface area contributed by atoms with Gasteiger partial charge in [0.05, 0.1) is 10.5 Å². The maximum atomic E-state index is 13.2. The van der Waals surface area contributed by atoms with Crippen LogP contribution in [0.3, 0.4) is 0 Å². The van der Waals surface area contributed by atoms with E-state index in [0.717, 1.165) is 30.2 Å². The quantitative estimate of drug-likeness (QED) is 0.277. The molecule has 1 saturated carbocycles. The summed E-state index contributed by atoms with van der Waals surface area (Å²) in [4.78, 5) is 0.616. The molecule has 0 radical (unpaired) electrons. The van der Waals surface area contributed by atoms with E-state index in [9.17, 15) is 26.3 Å². The fourth-order valence-corrected chi connectivity index (χ4v) is 4.51. The van der Waals surface area contributed by atoms with Crippen LogP contribution in [0.4, 0.5) is 26.3 Å². The Labute approximate surface area is 148 Å². The van der Waals surface area contributed by atoms with Crippen LogP contribution in [-0.4, -0.2) is 18.5 Å². The summed E-state index contributed by atoms with van der Waals surface area (Å²) in [6.07, 6.45) is 2.69. The molecule has 0 amide bonds. The van der Waals surface area contributed by atoms with Crippen LogP contribution >= 0.6 is 10.5 Å². The Kier molecular flexibility index (Phi) is 5.65. The molecule has 2 aromatic rings. The van der Waals surface area contributed by atoms with Crippen molar-refractivity contribution >= 4 is 30.7 Å². The Hall–Kier alpha value is -1.33. The lowest BCUT2D eigenvalue weighted by Crippen LogP contribution is -2.21. The Bertz CT molecular complexity index is 892. The lowest BCUT2D eigenvalue weighted by molar-refractivity contribution is -0.0867. The van der Waals surface area contributed by atoms with Crippen molar-refractivity contribution in [3.05, 3.63) is 34.7 Å². The fourth-order valence-electron chi connectivity index (χ4n) is 2.37. The minimum Gasteiger partial charge on any atom is -0.741 e. The van der Waals surface area contributed by atoms with Crippen LogP contribution in [0.25, 0.3) is 10.1 Å². The van der Waals surface area contributed by atoms with Crippen LogP contribution < -0.4 is 0 Å². The molecule has 1 aromatic carbocycles. The second-order valence-electron chi connectivity index (χ2n) is 5.70. The molecular weight excluding hydrogens is 406 g/mol. The first-order valence-corrected chi connectivity index (χ1v) is 10.1. The SMILES string of the molecule is CCc1ccc2c(c1)cc(C1CC1)[s+]2C(F)(F)F.O=S(=O)([O-])C(F)(F)F. The van der Waals surface area contributed by atoms with Gasteiger partial charge >= 0.3 is 11.0 Å². The van der Waals surface area contributed by atoms with E-state index in [0.29, 0.717) is 9.58 Å². The summed E-state index contributed by atoms with van der Waals surface area (Å²) >= 11 is 0. The lowest BCUT2D eigenvalue weighted by atomic mass is 10.1. The molecule has 1 unspecified atom stereocenters. The number of hydrogen-bond acceptors (Lipinski definition) is 3. The molecular formula is C15H14F6O3S2. The Balaban J connectivity index is 0.000000260. The summed E-state index contributed by atoms with van der Waals surface area (Å²) in [5, 5.41) is 0.789. The zero-order valence-corrected chi connectivity index (χ0v) is 15.0. The molecule has 0 N–H and O–H groups in total. The highest BCUT2D eigenvalue weighted by molar-refractivity contribution is 7.86. The highest BCUT2D eigenvalue weighted by atomic mass is 32.2. The minimum absolute atomic E-state index is 0.174. The number of aryl methyl sites for hydroxylation is 1. The van der Waals surface area contributed by atoms with Gasteiger partial charge in [0.2, 0.25) is 0 Å². The Morgan fingerprint density at radius 1 is 1.12 bits per heavy atom. The summed E-state index contributed by atoms with van der Waals surface area (Å²) in [7, 11) is -7.76. The van der Waals surface area contributed by atoms with E-state index in [4.69, 9.17) is 13.0 Å². The zero-order valence-electron chi connectivity index (χ0n) is 13.3. The van der Waals surface area contributed by atoms with Crippen LogP contribution in [0.5, 0.6) is 0 Å². The average Bonchev–Trinajstić information content (AvgIpc) is 3.24. The zero-order chi connectivity index (χ0) is 19.9. The van der Waals surface area contributed by atoms with Gasteiger partial charge in [-0.2, -0.15) is 13.2 Å². The van der Waals surface area contributed by atoms with Crippen molar-refractivity contribution in [2.24, 2.45) is 0 Å². The Morgan fingerprint density at radius 2 is 1.65 bits per heavy atom. The van der Waals surface area contributed by atoms with E-state index in [1.165, 1.54) is 0 Å². The highest BCUT2D eigenvalue weighted by Crippen LogP contribution is 2.57. The fraction of sp³-hybridized carbons (Fsp3) is 0.467. The van der Waals surface area contributed by atoms with E-state index >= 15 is 0 Å². The smallest absolute Gasteiger partial charge is 0.600 e. The number of halogens is 6. The molecule has 146 valence electrons. The third kappa shape index (κ3) is 4.68. The van der Waals surface area contributed by atoms with Crippen molar-refractivity contribution in [3.8, 4) is 0 Å². The molecule has 1 aliphatic carbocycles. The summed E-state index contributed by atoms with van der Waals surface area (Å²) in [5.74, 6) is 0.174. The molecule has 1 atom stereocenters. The van der Waals surface area contributed by atoms with Gasteiger partial charge in [-0.25, -0.2) is 8.42 Å². The molecule has 11 heteroatoms. The van der Waals surface area contributed by atoms with Crippen molar-refractivity contribution in [2.45, 2.75) is 43.1 Å². The molecule has 0 bridgehead atoms. The van der Waals surface area contributed by atoms with Crippen molar-refractivity contribution in [3.63, 3.8) is 0 Å². The summed E-state index contributed by atoms with van der Waals surface area (Å²) < 4.78 is 99.1. The number of benzene rings is 1. The highest BCUT2D eigenvalue weighted by Gasteiger charge is 2.51. The van der Waals surface area contributed by atoms with Crippen LogP contribution in [0.1, 0.15) is 36.1 Å². The van der Waals surface area contributed by atoms with Crippen molar-refractivity contribution in [1.82, 2.24) is 0 Å². The van der Waals surface area contributed by atoms with E-state index in [-0.39, 0.29) is 5.92 Å². The van der Waals surface area contributed by atoms with E-state index in [1.807, 2.05) is 19.1 Å². The molecule has 0 spiro atoms. The molecule has 0 saturated heterocycles. The van der Waals surface area contributed by atoms with Gasteiger partial charge in [-0.3, -0.25) is 0 Å². The van der Waals surface area contributed by atoms with Gasteiger partial charge in [-0.1, -0.05) is 13.0 Å². The van der Waals surface area contributed by atoms with Gasteiger partial charge in [-0.05, 0) is 37.0 Å². The first-order valence-electron chi connectivity index (χ1n) is 7.43. The van der Waals surface area contributed by atoms with Crippen molar-refractivity contribution in [1.29, 1.82) is 0 Å². The molecule has 1 heterocycles. The standard InChI is InChI=1S/C14H14F3S.CHF3O3S/c1-2-9-3-6-12-11(7-9)8-13(10-4-5-10)18(12)14(15,16)17;2-1(3,4)8(5,6)7/h3,6-8,10H,2,4-5H2,1H3;(H,5,6,7)/q+1;/p-1. The number of rotatable bonds is 2. The third-order valence-corrected chi connectivity index (χ3v) is 6.49.